The van der Waals surface area contributed by atoms with Gasteiger partial charge in [0.05, 0.1) is 4.90 Å². The van der Waals surface area contributed by atoms with E-state index < -0.39 is 10.0 Å². The van der Waals surface area contributed by atoms with Crippen molar-refractivity contribution in [1.29, 1.82) is 0 Å². The number of benzene rings is 1. The lowest BCUT2D eigenvalue weighted by Crippen LogP contribution is -2.40. The maximum atomic E-state index is 12.6. The Morgan fingerprint density at radius 3 is 2.62 bits per heavy atom. The molecule has 1 unspecified atom stereocenters. The first-order chi connectivity index (χ1) is 10.1. The van der Waals surface area contributed by atoms with E-state index in [1.807, 2.05) is 12.1 Å². The Morgan fingerprint density at radius 2 is 2.00 bits per heavy atom. The summed E-state index contributed by atoms with van der Waals surface area (Å²) in [5.41, 5.74) is 1.10. The highest BCUT2D eigenvalue weighted by Gasteiger charge is 2.29. The summed E-state index contributed by atoms with van der Waals surface area (Å²) in [6.07, 6.45) is 3.44. The van der Waals surface area contributed by atoms with Gasteiger partial charge in [0, 0.05) is 25.6 Å². The topological polar surface area (TPSA) is 57.6 Å². The Hall–Kier alpha value is -0.620. The van der Waals surface area contributed by atoms with E-state index in [9.17, 15) is 13.5 Å². The lowest BCUT2D eigenvalue weighted by atomic mass is 10.0. The minimum absolute atomic E-state index is 0.0450. The maximum absolute atomic E-state index is 12.6. The van der Waals surface area contributed by atoms with Gasteiger partial charge < -0.3 is 5.11 Å². The summed E-state index contributed by atoms with van der Waals surface area (Å²) in [4.78, 5) is 0.329. The number of hydrogen-bond acceptors (Lipinski definition) is 3. The van der Waals surface area contributed by atoms with Crippen LogP contribution in [0, 0.1) is 5.92 Å². The molecule has 0 aliphatic carbocycles. The zero-order valence-corrected chi connectivity index (χ0v) is 13.6. The first-order valence-electron chi connectivity index (χ1n) is 7.34. The molecule has 1 saturated heterocycles. The van der Waals surface area contributed by atoms with Crippen LogP contribution in [0.1, 0.15) is 24.8 Å². The van der Waals surface area contributed by atoms with Crippen LogP contribution < -0.4 is 0 Å². The monoisotopic (exact) mass is 331 g/mol. The van der Waals surface area contributed by atoms with Crippen molar-refractivity contribution in [3.63, 3.8) is 0 Å². The molecule has 1 aromatic rings. The number of nitrogens with zero attached hydrogens (tertiary/aromatic N) is 1. The molecular formula is C15H22ClNO3S. The molecule has 1 atom stereocenters. The summed E-state index contributed by atoms with van der Waals surface area (Å²) in [5, 5.41) is 9.23. The molecule has 118 valence electrons. The molecule has 1 heterocycles. The summed E-state index contributed by atoms with van der Waals surface area (Å²) in [7, 11) is -3.45. The van der Waals surface area contributed by atoms with Gasteiger partial charge in [-0.15, -0.1) is 11.6 Å². The van der Waals surface area contributed by atoms with Gasteiger partial charge in [-0.2, -0.15) is 4.31 Å². The number of aryl methyl sites for hydroxylation is 1. The van der Waals surface area contributed by atoms with Gasteiger partial charge in [-0.05, 0) is 49.3 Å². The number of hydrogen-bond donors (Lipinski definition) is 1. The van der Waals surface area contributed by atoms with Crippen LogP contribution in [-0.2, 0) is 16.4 Å². The quantitative estimate of drug-likeness (QED) is 0.813. The number of aliphatic hydroxyl groups is 1. The molecule has 4 nitrogen and oxygen atoms in total. The molecule has 0 spiro atoms. The van der Waals surface area contributed by atoms with Crippen LogP contribution in [0.5, 0.6) is 0 Å². The highest BCUT2D eigenvalue weighted by atomic mass is 35.5. The SMILES string of the molecule is O=S(=O)(c1ccc(CCCCl)cc1)N1CCCC(CO)C1. The third-order valence-corrected chi connectivity index (χ3v) is 6.05. The molecule has 1 aliphatic heterocycles. The molecule has 0 saturated carbocycles. The lowest BCUT2D eigenvalue weighted by Gasteiger charge is -2.30. The Bertz CT molecular complexity index is 545. The van der Waals surface area contributed by atoms with Crippen molar-refractivity contribution in [3.8, 4) is 0 Å². The molecule has 1 fully saturated rings. The fourth-order valence-electron chi connectivity index (χ4n) is 2.64. The van der Waals surface area contributed by atoms with Crippen molar-refractivity contribution < 1.29 is 13.5 Å². The molecule has 21 heavy (non-hydrogen) atoms. The number of rotatable bonds is 6. The largest absolute Gasteiger partial charge is 0.396 e. The first-order valence-corrected chi connectivity index (χ1v) is 9.31. The van der Waals surface area contributed by atoms with Crippen LogP contribution in [0.4, 0.5) is 0 Å². The second kappa shape index (κ2) is 7.58. The van der Waals surface area contributed by atoms with Crippen LogP contribution >= 0.6 is 11.6 Å². The normalized spacial score (nSPS) is 20.6. The van der Waals surface area contributed by atoms with Crippen LogP contribution in [0.3, 0.4) is 0 Å². The molecule has 1 aromatic carbocycles. The predicted molar refractivity (Wildman–Crippen MR) is 84.1 cm³/mol. The van der Waals surface area contributed by atoms with Crippen molar-refractivity contribution >= 4 is 21.6 Å². The second-order valence-electron chi connectivity index (χ2n) is 5.49. The van der Waals surface area contributed by atoms with Gasteiger partial charge in [-0.25, -0.2) is 8.42 Å². The van der Waals surface area contributed by atoms with E-state index in [4.69, 9.17) is 11.6 Å². The van der Waals surface area contributed by atoms with E-state index in [0.717, 1.165) is 31.2 Å². The van der Waals surface area contributed by atoms with Crippen LogP contribution in [0.2, 0.25) is 0 Å². The number of piperidine rings is 1. The second-order valence-corrected chi connectivity index (χ2v) is 7.81. The average Bonchev–Trinajstić information content (AvgIpc) is 2.53. The van der Waals surface area contributed by atoms with Gasteiger partial charge in [0.2, 0.25) is 10.0 Å². The zero-order valence-electron chi connectivity index (χ0n) is 12.0. The van der Waals surface area contributed by atoms with Crippen molar-refractivity contribution in [2.75, 3.05) is 25.6 Å². The Kier molecular flexibility index (Phi) is 6.05. The predicted octanol–water partition coefficient (Wildman–Crippen LogP) is 2.25. The van der Waals surface area contributed by atoms with Crippen molar-refractivity contribution in [1.82, 2.24) is 4.31 Å². The summed E-state index contributed by atoms with van der Waals surface area (Å²) in [6.45, 7) is 0.989. The lowest BCUT2D eigenvalue weighted by molar-refractivity contribution is 0.165. The van der Waals surface area contributed by atoms with E-state index in [0.29, 0.717) is 23.9 Å². The molecule has 0 bridgehead atoms. The van der Waals surface area contributed by atoms with Gasteiger partial charge in [0.25, 0.3) is 0 Å². The van der Waals surface area contributed by atoms with E-state index in [2.05, 4.69) is 0 Å². The third-order valence-electron chi connectivity index (χ3n) is 3.90. The molecular weight excluding hydrogens is 310 g/mol. The Labute approximate surface area is 131 Å². The van der Waals surface area contributed by atoms with Gasteiger partial charge >= 0.3 is 0 Å². The summed E-state index contributed by atoms with van der Waals surface area (Å²) in [6, 6.07) is 7.04. The van der Waals surface area contributed by atoms with Gasteiger partial charge in [-0.3, -0.25) is 0 Å². The van der Waals surface area contributed by atoms with E-state index in [-0.39, 0.29) is 12.5 Å². The molecule has 1 N–H and O–H groups in total. The fourth-order valence-corrected chi connectivity index (χ4v) is 4.33. The van der Waals surface area contributed by atoms with Crippen molar-refractivity contribution in [2.45, 2.75) is 30.6 Å². The minimum atomic E-state index is -3.45. The molecule has 6 heteroatoms. The number of aliphatic hydroxyl groups excluding tert-OH is 1. The van der Waals surface area contributed by atoms with E-state index in [1.54, 1.807) is 12.1 Å². The van der Waals surface area contributed by atoms with Gasteiger partial charge in [0.15, 0.2) is 0 Å². The van der Waals surface area contributed by atoms with Crippen LogP contribution in [0.15, 0.2) is 29.2 Å². The minimum Gasteiger partial charge on any atom is -0.396 e. The number of alkyl halides is 1. The number of sulfonamides is 1. The van der Waals surface area contributed by atoms with Crippen molar-refractivity contribution in [3.05, 3.63) is 29.8 Å². The summed E-state index contributed by atoms with van der Waals surface area (Å²) < 4.78 is 26.7. The molecule has 1 aliphatic rings. The highest BCUT2D eigenvalue weighted by Crippen LogP contribution is 2.23. The van der Waals surface area contributed by atoms with Crippen molar-refractivity contribution in [2.24, 2.45) is 5.92 Å². The summed E-state index contributed by atoms with van der Waals surface area (Å²) in [5.74, 6) is 0.660. The smallest absolute Gasteiger partial charge is 0.243 e. The molecule has 0 amide bonds. The van der Waals surface area contributed by atoms with E-state index in [1.165, 1.54) is 4.31 Å². The Balaban J connectivity index is 2.11. The molecule has 0 radical (unpaired) electrons. The summed E-state index contributed by atoms with van der Waals surface area (Å²) >= 11 is 5.66. The molecule has 2 rings (SSSR count). The van der Waals surface area contributed by atoms with Crippen LogP contribution in [-0.4, -0.2) is 43.4 Å². The first kappa shape index (κ1) is 16.7. The third kappa shape index (κ3) is 4.19. The van der Waals surface area contributed by atoms with Gasteiger partial charge in [-0.1, -0.05) is 12.1 Å². The zero-order chi connectivity index (χ0) is 15.3. The van der Waals surface area contributed by atoms with Gasteiger partial charge in [0.1, 0.15) is 0 Å². The number of halogens is 1. The van der Waals surface area contributed by atoms with Crippen LogP contribution in [0.25, 0.3) is 0 Å². The average molecular weight is 332 g/mol. The molecule has 0 aromatic heterocycles. The fraction of sp³-hybridized carbons (Fsp3) is 0.600. The van der Waals surface area contributed by atoms with E-state index >= 15 is 0 Å². The Morgan fingerprint density at radius 1 is 1.29 bits per heavy atom. The maximum Gasteiger partial charge on any atom is 0.243 e. The standard InChI is InChI=1S/C15H22ClNO3S/c16-9-1-3-13-5-7-15(8-6-13)21(19,20)17-10-2-4-14(11-17)12-18/h5-8,14,18H,1-4,9-12H2. The highest BCUT2D eigenvalue weighted by molar-refractivity contribution is 7.89.